The summed E-state index contributed by atoms with van der Waals surface area (Å²) in [5.41, 5.74) is 2.86. The van der Waals surface area contributed by atoms with Gasteiger partial charge < -0.3 is 0 Å². The molecule has 3 N–H and O–H groups in total. The minimum Gasteiger partial charge on any atom is -0.286 e. The zero-order valence-electron chi connectivity index (χ0n) is 13.3. The number of anilines is 1. The van der Waals surface area contributed by atoms with E-state index in [9.17, 15) is 26.4 Å². The van der Waals surface area contributed by atoms with Gasteiger partial charge in [0.1, 0.15) is 6.04 Å². The highest BCUT2D eigenvalue weighted by molar-refractivity contribution is 7.86. The minimum atomic E-state index is -4.41. The summed E-state index contributed by atoms with van der Waals surface area (Å²) in [5.74, 6) is -1.72. The fourth-order valence-electron chi connectivity index (χ4n) is 2.59. The first-order chi connectivity index (χ1) is 12.5. The van der Waals surface area contributed by atoms with Crippen molar-refractivity contribution >= 4 is 37.6 Å². The smallest absolute Gasteiger partial charge is 0.286 e. The van der Waals surface area contributed by atoms with E-state index in [0.717, 1.165) is 24.3 Å². The topological polar surface area (TPSA) is 158 Å². The van der Waals surface area contributed by atoms with Crippen molar-refractivity contribution in [2.75, 3.05) is 5.01 Å². The Bertz CT molecular complexity index is 1120. The van der Waals surface area contributed by atoms with Gasteiger partial charge in [-0.15, -0.1) is 0 Å². The van der Waals surface area contributed by atoms with Crippen LogP contribution >= 0.6 is 0 Å². The van der Waals surface area contributed by atoms with Gasteiger partial charge >= 0.3 is 5.91 Å². The van der Waals surface area contributed by atoms with E-state index in [0.29, 0.717) is 0 Å². The molecule has 1 amide bonds. The van der Waals surface area contributed by atoms with Crippen LogP contribution < -0.4 is 10.4 Å². The van der Waals surface area contributed by atoms with Crippen molar-refractivity contribution in [1.82, 2.24) is 5.43 Å². The van der Waals surface area contributed by atoms with E-state index < -0.39 is 38.0 Å². The number of carbonyl (C=O) groups excluding carboxylic acids is 2. The highest BCUT2D eigenvalue weighted by atomic mass is 32.2. The standard InChI is InChI=1S/C15H12N2O8S2/c18-14-13(9-1-5-11(6-2-9)26(20,21)22)17(16-15(14)19)10-3-7-12(8-4-10)27(23,24)25/h1-8,13H,(H,16,19)(H,20,21,22)(H,23,24,25). The summed E-state index contributed by atoms with van der Waals surface area (Å²) in [5, 5.41) is 1.18. The Morgan fingerprint density at radius 2 is 1.22 bits per heavy atom. The molecule has 0 aliphatic carbocycles. The number of carbonyl (C=O) groups is 2. The van der Waals surface area contributed by atoms with Gasteiger partial charge in [0.2, 0.25) is 0 Å². The maximum Gasteiger partial charge on any atom is 0.308 e. The summed E-state index contributed by atoms with van der Waals surface area (Å²) < 4.78 is 62.5. The summed E-state index contributed by atoms with van der Waals surface area (Å²) in [4.78, 5) is 23.3. The lowest BCUT2D eigenvalue weighted by Gasteiger charge is -2.24. The molecule has 12 heteroatoms. The van der Waals surface area contributed by atoms with E-state index in [-0.39, 0.29) is 21.0 Å². The lowest BCUT2D eigenvalue weighted by molar-refractivity contribution is -0.135. The van der Waals surface area contributed by atoms with Crippen molar-refractivity contribution in [3.63, 3.8) is 0 Å². The molecule has 1 atom stereocenters. The van der Waals surface area contributed by atoms with Crippen LogP contribution in [0, 0.1) is 0 Å². The molecule has 0 saturated carbocycles. The fourth-order valence-corrected chi connectivity index (χ4v) is 3.55. The Kier molecular flexibility index (Phi) is 4.51. The summed E-state index contributed by atoms with van der Waals surface area (Å²) in [6.45, 7) is 0. The molecule has 1 heterocycles. The Balaban J connectivity index is 2.00. The first kappa shape index (κ1) is 19.0. The third-order valence-corrected chi connectivity index (χ3v) is 5.59. The molecule has 3 rings (SSSR count). The number of benzene rings is 2. The largest absolute Gasteiger partial charge is 0.308 e. The third-order valence-electron chi connectivity index (χ3n) is 3.86. The van der Waals surface area contributed by atoms with Gasteiger partial charge in [0.25, 0.3) is 26.0 Å². The quantitative estimate of drug-likeness (QED) is 0.475. The first-order valence-corrected chi connectivity index (χ1v) is 10.2. The molecule has 0 aromatic heterocycles. The van der Waals surface area contributed by atoms with Crippen LogP contribution in [-0.4, -0.2) is 37.6 Å². The molecule has 1 aliphatic heterocycles. The molecule has 0 radical (unpaired) electrons. The summed E-state index contributed by atoms with van der Waals surface area (Å²) in [6, 6.07) is 8.32. The van der Waals surface area contributed by atoms with Gasteiger partial charge in [-0.3, -0.25) is 29.1 Å². The lowest BCUT2D eigenvalue weighted by atomic mass is 10.0. The molecule has 1 aliphatic rings. The second-order valence-electron chi connectivity index (χ2n) is 5.59. The average molecular weight is 412 g/mol. The zero-order chi connectivity index (χ0) is 20.0. The molecule has 1 fully saturated rings. The number of Topliss-reactive ketones (excluding diaryl/α,β-unsaturated/α-hetero) is 1. The van der Waals surface area contributed by atoms with Crippen LogP contribution in [0.5, 0.6) is 0 Å². The summed E-state index contributed by atoms with van der Waals surface area (Å²) in [7, 11) is -8.82. The van der Waals surface area contributed by atoms with Gasteiger partial charge in [-0.05, 0) is 42.0 Å². The van der Waals surface area contributed by atoms with Crippen molar-refractivity contribution < 1.29 is 35.5 Å². The number of nitrogens with zero attached hydrogens (tertiary/aromatic N) is 1. The van der Waals surface area contributed by atoms with E-state index in [1.54, 1.807) is 0 Å². The lowest BCUT2D eigenvalue weighted by Crippen LogP contribution is -2.34. The van der Waals surface area contributed by atoms with Crippen LogP contribution in [0.15, 0.2) is 58.3 Å². The van der Waals surface area contributed by atoms with E-state index in [4.69, 9.17) is 9.11 Å². The van der Waals surface area contributed by atoms with Crippen molar-refractivity contribution in [2.24, 2.45) is 0 Å². The molecule has 2 aromatic carbocycles. The molecule has 2 aromatic rings. The van der Waals surface area contributed by atoms with Gasteiger partial charge in [-0.1, -0.05) is 12.1 Å². The number of amides is 1. The number of hydrogen-bond acceptors (Lipinski definition) is 7. The highest BCUT2D eigenvalue weighted by Gasteiger charge is 2.40. The molecule has 27 heavy (non-hydrogen) atoms. The average Bonchev–Trinajstić information content (AvgIpc) is 2.89. The molecule has 0 bridgehead atoms. The second kappa shape index (κ2) is 6.42. The van der Waals surface area contributed by atoms with Gasteiger partial charge in [0, 0.05) is 0 Å². The van der Waals surface area contributed by atoms with Crippen LogP contribution in [0.4, 0.5) is 5.69 Å². The van der Waals surface area contributed by atoms with Crippen molar-refractivity contribution in [1.29, 1.82) is 0 Å². The highest BCUT2D eigenvalue weighted by Crippen LogP contribution is 2.31. The number of rotatable bonds is 4. The fraction of sp³-hybridized carbons (Fsp3) is 0.0667. The second-order valence-corrected chi connectivity index (χ2v) is 8.43. The van der Waals surface area contributed by atoms with Crippen LogP contribution in [0.3, 0.4) is 0 Å². The molecular weight excluding hydrogens is 400 g/mol. The zero-order valence-corrected chi connectivity index (χ0v) is 14.9. The van der Waals surface area contributed by atoms with E-state index in [2.05, 4.69) is 5.43 Å². The summed E-state index contributed by atoms with van der Waals surface area (Å²) in [6.07, 6.45) is 0. The number of hydrogen-bond donors (Lipinski definition) is 3. The Morgan fingerprint density at radius 3 is 1.67 bits per heavy atom. The van der Waals surface area contributed by atoms with Crippen LogP contribution in [0.2, 0.25) is 0 Å². The SMILES string of the molecule is O=C1NN(c2ccc(S(=O)(=O)O)cc2)C(c2ccc(S(=O)(=O)O)cc2)C1=O. The predicted octanol–water partition coefficient (Wildman–Crippen LogP) is 0.342. The molecule has 142 valence electrons. The van der Waals surface area contributed by atoms with Crippen molar-refractivity contribution in [3.8, 4) is 0 Å². The third kappa shape index (κ3) is 3.68. The molecule has 1 unspecified atom stereocenters. The van der Waals surface area contributed by atoms with Gasteiger partial charge in [0.15, 0.2) is 0 Å². The number of nitrogens with one attached hydrogen (secondary N) is 1. The van der Waals surface area contributed by atoms with Crippen LogP contribution in [0.1, 0.15) is 11.6 Å². The molecule has 1 saturated heterocycles. The van der Waals surface area contributed by atoms with Gasteiger partial charge in [0.05, 0.1) is 15.5 Å². The monoisotopic (exact) mass is 412 g/mol. The Labute approximate surface area is 153 Å². The van der Waals surface area contributed by atoms with E-state index in [1.165, 1.54) is 29.3 Å². The maximum absolute atomic E-state index is 12.2. The molecule has 10 nitrogen and oxygen atoms in total. The first-order valence-electron chi connectivity index (χ1n) is 7.27. The van der Waals surface area contributed by atoms with E-state index in [1.807, 2.05) is 0 Å². The number of hydrazine groups is 1. The molecular formula is C15H12N2O8S2. The van der Waals surface area contributed by atoms with Gasteiger partial charge in [-0.25, -0.2) is 0 Å². The normalized spacial score (nSPS) is 17.9. The maximum atomic E-state index is 12.2. The van der Waals surface area contributed by atoms with Crippen molar-refractivity contribution in [3.05, 3.63) is 54.1 Å². The van der Waals surface area contributed by atoms with E-state index >= 15 is 0 Å². The Hall–Kier alpha value is -2.80. The predicted molar refractivity (Wildman–Crippen MR) is 90.9 cm³/mol. The van der Waals surface area contributed by atoms with Crippen LogP contribution in [-0.2, 0) is 29.8 Å². The van der Waals surface area contributed by atoms with Gasteiger partial charge in [-0.2, -0.15) is 16.8 Å². The minimum absolute atomic E-state index is 0.255. The Morgan fingerprint density at radius 1 is 0.778 bits per heavy atom. The van der Waals surface area contributed by atoms with Crippen LogP contribution in [0.25, 0.3) is 0 Å². The van der Waals surface area contributed by atoms with Crippen molar-refractivity contribution in [2.45, 2.75) is 15.8 Å². The molecule has 0 spiro atoms. The summed E-state index contributed by atoms with van der Waals surface area (Å²) >= 11 is 0. The number of ketones is 1.